The zero-order chi connectivity index (χ0) is 11.5. The van der Waals surface area contributed by atoms with Gasteiger partial charge in [0.2, 0.25) is 5.28 Å². The van der Waals surface area contributed by atoms with Crippen LogP contribution in [0.4, 0.5) is 0 Å². The monoisotopic (exact) mass is 253 g/mol. The first kappa shape index (κ1) is 12.3. The number of ether oxygens (including phenoxy) is 1. The summed E-state index contributed by atoms with van der Waals surface area (Å²) in [5.74, 6) is 0. The fourth-order valence-corrected chi connectivity index (χ4v) is 1.89. The van der Waals surface area contributed by atoms with E-state index in [2.05, 4.69) is 15.0 Å². The molecule has 0 spiro atoms. The minimum Gasteiger partial charge on any atom is -0.467 e. The minimum atomic E-state index is -3.53. The predicted molar refractivity (Wildman–Crippen MR) is 52.6 cm³/mol. The standard InChI is InChI=1S/C6H9ClN3O4P/c1-12-5-8-4(7)9-6(10-5)15(11,13-2)14-3/h1-3H3. The van der Waals surface area contributed by atoms with Gasteiger partial charge in [0.05, 0.1) is 7.11 Å². The average Bonchev–Trinajstić information content (AvgIpc) is 2.27. The fraction of sp³-hybridized carbons (Fsp3) is 0.500. The molecule has 0 aliphatic carbocycles. The molecule has 1 aromatic heterocycles. The summed E-state index contributed by atoms with van der Waals surface area (Å²) in [6.45, 7) is 0. The predicted octanol–water partition coefficient (Wildman–Crippen LogP) is 0.645. The van der Waals surface area contributed by atoms with E-state index in [-0.39, 0.29) is 16.9 Å². The number of rotatable bonds is 4. The highest BCUT2D eigenvalue weighted by atomic mass is 35.5. The summed E-state index contributed by atoms with van der Waals surface area (Å²) in [7, 11) is 0.253. The van der Waals surface area contributed by atoms with E-state index < -0.39 is 7.60 Å². The van der Waals surface area contributed by atoms with Crippen LogP contribution in [0.25, 0.3) is 0 Å². The summed E-state index contributed by atoms with van der Waals surface area (Å²) in [4.78, 5) is 11.0. The van der Waals surface area contributed by atoms with E-state index in [1.54, 1.807) is 0 Å². The van der Waals surface area contributed by atoms with Crippen molar-refractivity contribution in [1.29, 1.82) is 0 Å². The molecule has 7 nitrogen and oxygen atoms in total. The van der Waals surface area contributed by atoms with Crippen molar-refractivity contribution < 1.29 is 18.3 Å². The molecule has 0 saturated carbocycles. The summed E-state index contributed by atoms with van der Waals surface area (Å²) in [6, 6.07) is -0.0562. The fourth-order valence-electron chi connectivity index (χ4n) is 0.774. The van der Waals surface area contributed by atoms with E-state index in [9.17, 15) is 4.57 Å². The van der Waals surface area contributed by atoms with Crippen LogP contribution in [0.1, 0.15) is 0 Å². The van der Waals surface area contributed by atoms with Crippen LogP contribution < -0.4 is 10.3 Å². The third-order valence-electron chi connectivity index (χ3n) is 1.48. The van der Waals surface area contributed by atoms with Gasteiger partial charge < -0.3 is 13.8 Å². The number of hydrogen-bond acceptors (Lipinski definition) is 7. The Bertz CT molecular complexity index is 394. The molecule has 0 amide bonds. The second-order valence-corrected chi connectivity index (χ2v) is 4.72. The molecule has 0 aliphatic heterocycles. The minimum absolute atomic E-state index is 0.0562. The Morgan fingerprint density at radius 1 is 1.13 bits per heavy atom. The van der Waals surface area contributed by atoms with Crippen molar-refractivity contribution in [3.63, 3.8) is 0 Å². The molecule has 0 unspecified atom stereocenters. The Balaban J connectivity index is 3.24. The second-order valence-electron chi connectivity index (χ2n) is 2.25. The van der Waals surface area contributed by atoms with Gasteiger partial charge in [-0.3, -0.25) is 4.57 Å². The Morgan fingerprint density at radius 2 is 1.73 bits per heavy atom. The molecule has 0 aliphatic rings. The van der Waals surface area contributed by atoms with Crippen molar-refractivity contribution in [3.8, 4) is 6.01 Å². The van der Waals surface area contributed by atoms with Crippen molar-refractivity contribution in [3.05, 3.63) is 5.28 Å². The molecule has 0 saturated heterocycles. The van der Waals surface area contributed by atoms with Gasteiger partial charge in [-0.2, -0.15) is 15.0 Å². The van der Waals surface area contributed by atoms with Gasteiger partial charge in [-0.25, -0.2) is 0 Å². The number of halogens is 1. The number of nitrogens with zero attached hydrogens (tertiary/aromatic N) is 3. The maximum absolute atomic E-state index is 11.9. The molecule has 1 rings (SSSR count). The first-order chi connectivity index (χ1) is 7.05. The molecule has 9 heteroatoms. The van der Waals surface area contributed by atoms with Crippen molar-refractivity contribution in [1.82, 2.24) is 15.0 Å². The zero-order valence-electron chi connectivity index (χ0n) is 8.30. The third kappa shape index (κ3) is 2.63. The largest absolute Gasteiger partial charge is 0.467 e. The van der Waals surface area contributed by atoms with Crippen LogP contribution in [0.3, 0.4) is 0 Å². The van der Waals surface area contributed by atoms with E-state index >= 15 is 0 Å². The van der Waals surface area contributed by atoms with Gasteiger partial charge in [-0.05, 0) is 11.6 Å². The Morgan fingerprint density at radius 3 is 2.20 bits per heavy atom. The van der Waals surface area contributed by atoms with Gasteiger partial charge in [-0.1, -0.05) is 0 Å². The normalized spacial score (nSPS) is 11.5. The third-order valence-corrected chi connectivity index (χ3v) is 3.30. The first-order valence-electron chi connectivity index (χ1n) is 3.73. The van der Waals surface area contributed by atoms with Crippen LogP contribution in [-0.2, 0) is 13.6 Å². The summed E-state index contributed by atoms with van der Waals surface area (Å²) in [6.07, 6.45) is 0. The molecule has 84 valence electrons. The smallest absolute Gasteiger partial charge is 0.398 e. The molecule has 0 fully saturated rings. The summed E-state index contributed by atoms with van der Waals surface area (Å²) in [5.41, 5.74) is -0.190. The van der Waals surface area contributed by atoms with Gasteiger partial charge in [0.1, 0.15) is 0 Å². The lowest BCUT2D eigenvalue weighted by atomic mass is 11.0. The summed E-state index contributed by atoms with van der Waals surface area (Å²) >= 11 is 5.57. The second kappa shape index (κ2) is 4.85. The molecule has 0 bridgehead atoms. The van der Waals surface area contributed by atoms with Crippen LogP contribution in [0, 0.1) is 0 Å². The molecule has 1 aromatic rings. The van der Waals surface area contributed by atoms with E-state index in [4.69, 9.17) is 25.4 Å². The Labute approximate surface area is 91.3 Å². The van der Waals surface area contributed by atoms with Gasteiger partial charge in [0.15, 0.2) is 0 Å². The van der Waals surface area contributed by atoms with Crippen LogP contribution in [0.15, 0.2) is 0 Å². The maximum atomic E-state index is 11.9. The molecule has 0 atom stereocenters. The number of methoxy groups -OCH3 is 1. The van der Waals surface area contributed by atoms with Gasteiger partial charge in [0.25, 0.3) is 5.57 Å². The Kier molecular flexibility index (Phi) is 3.98. The van der Waals surface area contributed by atoms with Crippen LogP contribution in [-0.4, -0.2) is 36.3 Å². The first-order valence-corrected chi connectivity index (χ1v) is 5.65. The highest BCUT2D eigenvalue weighted by molar-refractivity contribution is 7.61. The highest BCUT2D eigenvalue weighted by Gasteiger charge is 2.30. The molecule has 1 heterocycles. The SMILES string of the molecule is COc1nc(Cl)nc(P(=O)(OC)OC)n1. The lowest BCUT2D eigenvalue weighted by Gasteiger charge is -2.11. The highest BCUT2D eigenvalue weighted by Crippen LogP contribution is 2.43. The average molecular weight is 254 g/mol. The van der Waals surface area contributed by atoms with Crippen molar-refractivity contribution in [2.24, 2.45) is 0 Å². The van der Waals surface area contributed by atoms with Crippen LogP contribution in [0.2, 0.25) is 5.28 Å². The molecule has 0 aromatic carbocycles. The molecule has 0 N–H and O–H groups in total. The number of hydrogen-bond donors (Lipinski definition) is 0. The van der Waals surface area contributed by atoms with Gasteiger partial charge in [-0.15, -0.1) is 0 Å². The van der Waals surface area contributed by atoms with E-state index in [1.807, 2.05) is 0 Å². The molecular formula is C6H9ClN3O4P. The molecular weight excluding hydrogens is 245 g/mol. The van der Waals surface area contributed by atoms with Crippen molar-refractivity contribution >= 4 is 24.8 Å². The molecule has 15 heavy (non-hydrogen) atoms. The van der Waals surface area contributed by atoms with Crippen LogP contribution in [0.5, 0.6) is 6.01 Å². The Hall–Kier alpha value is -0.750. The maximum Gasteiger partial charge on any atom is 0.398 e. The van der Waals surface area contributed by atoms with E-state index in [0.29, 0.717) is 0 Å². The van der Waals surface area contributed by atoms with Crippen molar-refractivity contribution in [2.75, 3.05) is 21.3 Å². The summed E-state index contributed by atoms with van der Waals surface area (Å²) < 4.78 is 26.0. The quantitative estimate of drug-likeness (QED) is 0.728. The van der Waals surface area contributed by atoms with Gasteiger partial charge >= 0.3 is 13.6 Å². The van der Waals surface area contributed by atoms with Gasteiger partial charge in [0, 0.05) is 14.2 Å². The van der Waals surface area contributed by atoms with E-state index in [0.717, 1.165) is 0 Å². The van der Waals surface area contributed by atoms with E-state index in [1.165, 1.54) is 21.3 Å². The number of aromatic nitrogens is 3. The van der Waals surface area contributed by atoms with Crippen LogP contribution >= 0.6 is 19.2 Å². The van der Waals surface area contributed by atoms with Crippen molar-refractivity contribution in [2.45, 2.75) is 0 Å². The molecule has 0 radical (unpaired) electrons. The summed E-state index contributed by atoms with van der Waals surface area (Å²) in [5, 5.41) is -0.147. The lowest BCUT2D eigenvalue weighted by molar-refractivity contribution is 0.284. The zero-order valence-corrected chi connectivity index (χ0v) is 9.95. The lowest BCUT2D eigenvalue weighted by Crippen LogP contribution is -2.18. The topological polar surface area (TPSA) is 83.4 Å².